The number of methoxy groups -OCH3 is 1. The predicted molar refractivity (Wildman–Crippen MR) is 91.7 cm³/mol. The molecule has 1 aromatic carbocycles. The fraction of sp³-hybridized carbons (Fsp3) is 0.556. The number of hydrogen-bond acceptors (Lipinski definition) is 4. The molecule has 0 spiro atoms. The maximum absolute atomic E-state index is 12.0. The van der Waals surface area contributed by atoms with Gasteiger partial charge in [-0.1, -0.05) is 12.1 Å². The van der Waals surface area contributed by atoms with Gasteiger partial charge in [0.2, 0.25) is 5.91 Å². The van der Waals surface area contributed by atoms with E-state index in [-0.39, 0.29) is 18.6 Å². The molecular formula is C18H25N3O3. The zero-order chi connectivity index (χ0) is 16.9. The third-order valence-corrected chi connectivity index (χ3v) is 4.61. The maximum atomic E-state index is 12.0. The zero-order valence-electron chi connectivity index (χ0n) is 14.3. The summed E-state index contributed by atoms with van der Waals surface area (Å²) in [5.74, 6) is 0.677. The molecule has 2 N–H and O–H groups in total. The number of H-pyrrole nitrogens is 1. The topological polar surface area (TPSA) is 76.2 Å². The molecule has 130 valence electrons. The standard InChI is InChI=1S/C18H25N3O3/c1-12-4-3-5-15-18(12)21-16(20-15)10-24-11-17(22)19-13-6-8-14(23-2)9-7-13/h3-5,13-14H,6-11H2,1-2H3,(H,19,22)(H,20,21). The average molecular weight is 331 g/mol. The van der Waals surface area contributed by atoms with Gasteiger partial charge in [0, 0.05) is 13.2 Å². The van der Waals surface area contributed by atoms with Crippen LogP contribution in [-0.4, -0.2) is 41.7 Å². The molecule has 6 heteroatoms. The Balaban J connectivity index is 1.42. The highest BCUT2D eigenvalue weighted by molar-refractivity contribution is 5.78. The molecular weight excluding hydrogens is 306 g/mol. The number of imidazole rings is 1. The smallest absolute Gasteiger partial charge is 0.246 e. The summed E-state index contributed by atoms with van der Waals surface area (Å²) in [4.78, 5) is 19.7. The van der Waals surface area contributed by atoms with Crippen molar-refractivity contribution >= 4 is 16.9 Å². The SMILES string of the molecule is COC1CCC(NC(=O)COCc2nc3c(C)cccc3[nH]2)CC1. The number of rotatable bonds is 6. The van der Waals surface area contributed by atoms with E-state index in [1.54, 1.807) is 7.11 Å². The van der Waals surface area contributed by atoms with Crippen LogP contribution in [0.4, 0.5) is 0 Å². The summed E-state index contributed by atoms with van der Waals surface area (Å²) < 4.78 is 10.8. The normalized spacial score (nSPS) is 21.1. The molecule has 0 saturated heterocycles. The van der Waals surface area contributed by atoms with Gasteiger partial charge in [-0.2, -0.15) is 0 Å². The largest absolute Gasteiger partial charge is 0.381 e. The van der Waals surface area contributed by atoms with Crippen LogP contribution in [0, 0.1) is 6.92 Å². The first-order valence-corrected chi connectivity index (χ1v) is 8.50. The molecule has 1 amide bonds. The van der Waals surface area contributed by atoms with Crippen molar-refractivity contribution in [1.29, 1.82) is 0 Å². The Morgan fingerprint density at radius 3 is 2.83 bits per heavy atom. The summed E-state index contributed by atoms with van der Waals surface area (Å²) in [5.41, 5.74) is 3.07. The fourth-order valence-electron chi connectivity index (χ4n) is 3.25. The summed E-state index contributed by atoms with van der Waals surface area (Å²) >= 11 is 0. The van der Waals surface area contributed by atoms with Gasteiger partial charge in [-0.15, -0.1) is 0 Å². The first-order chi connectivity index (χ1) is 11.7. The van der Waals surface area contributed by atoms with E-state index in [0.717, 1.165) is 48.1 Å². The number of aromatic amines is 1. The highest BCUT2D eigenvalue weighted by Crippen LogP contribution is 2.20. The second kappa shape index (κ2) is 7.77. The number of nitrogens with zero attached hydrogens (tertiary/aromatic N) is 1. The molecule has 2 aromatic rings. The summed E-state index contributed by atoms with van der Waals surface area (Å²) in [6, 6.07) is 6.25. The van der Waals surface area contributed by atoms with Crippen LogP contribution in [0.15, 0.2) is 18.2 Å². The lowest BCUT2D eigenvalue weighted by molar-refractivity contribution is -0.127. The Morgan fingerprint density at radius 2 is 2.12 bits per heavy atom. The van der Waals surface area contributed by atoms with Crippen LogP contribution >= 0.6 is 0 Å². The van der Waals surface area contributed by atoms with E-state index in [1.807, 2.05) is 25.1 Å². The molecule has 0 atom stereocenters. The molecule has 3 rings (SSSR count). The lowest BCUT2D eigenvalue weighted by Crippen LogP contribution is -2.40. The Bertz CT molecular complexity index is 690. The van der Waals surface area contributed by atoms with E-state index in [0.29, 0.717) is 12.7 Å². The van der Waals surface area contributed by atoms with E-state index in [2.05, 4.69) is 15.3 Å². The highest BCUT2D eigenvalue weighted by Gasteiger charge is 2.22. The van der Waals surface area contributed by atoms with Crippen LogP contribution in [0.3, 0.4) is 0 Å². The van der Waals surface area contributed by atoms with Crippen LogP contribution in [0.2, 0.25) is 0 Å². The summed E-state index contributed by atoms with van der Waals surface area (Å²) in [6.07, 6.45) is 4.27. The van der Waals surface area contributed by atoms with Crippen LogP contribution in [0.5, 0.6) is 0 Å². The van der Waals surface area contributed by atoms with Crippen molar-refractivity contribution in [2.24, 2.45) is 0 Å². The number of carbonyl (C=O) groups is 1. The van der Waals surface area contributed by atoms with Crippen molar-refractivity contribution in [3.63, 3.8) is 0 Å². The van der Waals surface area contributed by atoms with Crippen molar-refractivity contribution in [3.05, 3.63) is 29.6 Å². The number of aromatic nitrogens is 2. The van der Waals surface area contributed by atoms with Gasteiger partial charge in [0.1, 0.15) is 19.0 Å². The Kier molecular flexibility index (Phi) is 5.48. The minimum absolute atomic E-state index is 0.0558. The molecule has 1 saturated carbocycles. The lowest BCUT2D eigenvalue weighted by atomic mass is 9.93. The van der Waals surface area contributed by atoms with Gasteiger partial charge in [-0.3, -0.25) is 4.79 Å². The van der Waals surface area contributed by atoms with Gasteiger partial charge in [0.15, 0.2) is 0 Å². The van der Waals surface area contributed by atoms with Gasteiger partial charge in [-0.25, -0.2) is 4.98 Å². The molecule has 0 unspecified atom stereocenters. The molecule has 1 aliphatic rings. The third kappa shape index (κ3) is 4.13. The Labute approximate surface area is 141 Å². The average Bonchev–Trinajstić information content (AvgIpc) is 3.00. The summed E-state index contributed by atoms with van der Waals surface area (Å²) in [5, 5.41) is 3.04. The summed E-state index contributed by atoms with van der Waals surface area (Å²) in [7, 11) is 1.75. The number of para-hydroxylation sites is 1. The van der Waals surface area contributed by atoms with E-state index >= 15 is 0 Å². The minimum atomic E-state index is -0.0665. The first-order valence-electron chi connectivity index (χ1n) is 8.50. The van der Waals surface area contributed by atoms with Crippen molar-refractivity contribution in [2.75, 3.05) is 13.7 Å². The number of fused-ring (bicyclic) bond motifs is 1. The molecule has 24 heavy (non-hydrogen) atoms. The first kappa shape index (κ1) is 16.9. The molecule has 1 fully saturated rings. The molecule has 1 heterocycles. The van der Waals surface area contributed by atoms with Crippen molar-refractivity contribution < 1.29 is 14.3 Å². The van der Waals surface area contributed by atoms with Crippen molar-refractivity contribution in [2.45, 2.75) is 51.4 Å². The van der Waals surface area contributed by atoms with Crippen molar-refractivity contribution in [1.82, 2.24) is 15.3 Å². The number of carbonyl (C=O) groups excluding carboxylic acids is 1. The molecule has 6 nitrogen and oxygen atoms in total. The number of aryl methyl sites for hydroxylation is 1. The fourth-order valence-corrected chi connectivity index (χ4v) is 3.25. The molecule has 1 aliphatic carbocycles. The predicted octanol–water partition coefficient (Wildman–Crippen LogP) is 2.46. The van der Waals surface area contributed by atoms with Gasteiger partial charge >= 0.3 is 0 Å². The van der Waals surface area contributed by atoms with Crippen LogP contribution in [-0.2, 0) is 20.9 Å². The van der Waals surface area contributed by atoms with E-state index in [1.165, 1.54) is 0 Å². The number of nitrogens with one attached hydrogen (secondary N) is 2. The number of hydrogen-bond donors (Lipinski definition) is 2. The van der Waals surface area contributed by atoms with E-state index in [4.69, 9.17) is 9.47 Å². The van der Waals surface area contributed by atoms with Gasteiger partial charge in [0.05, 0.1) is 17.1 Å². The zero-order valence-corrected chi connectivity index (χ0v) is 14.3. The highest BCUT2D eigenvalue weighted by atomic mass is 16.5. The van der Waals surface area contributed by atoms with Crippen LogP contribution in [0.1, 0.15) is 37.1 Å². The Hall–Kier alpha value is -1.92. The second-order valence-electron chi connectivity index (χ2n) is 6.42. The van der Waals surface area contributed by atoms with Crippen LogP contribution < -0.4 is 5.32 Å². The molecule has 1 aromatic heterocycles. The van der Waals surface area contributed by atoms with Crippen molar-refractivity contribution in [3.8, 4) is 0 Å². The third-order valence-electron chi connectivity index (χ3n) is 4.61. The van der Waals surface area contributed by atoms with Gasteiger partial charge < -0.3 is 19.8 Å². The molecule has 0 aliphatic heterocycles. The van der Waals surface area contributed by atoms with E-state index in [9.17, 15) is 4.79 Å². The monoisotopic (exact) mass is 331 g/mol. The Morgan fingerprint density at radius 1 is 1.33 bits per heavy atom. The molecule has 0 radical (unpaired) electrons. The maximum Gasteiger partial charge on any atom is 0.246 e. The summed E-state index contributed by atoms with van der Waals surface area (Å²) in [6.45, 7) is 2.39. The molecule has 0 bridgehead atoms. The lowest BCUT2D eigenvalue weighted by Gasteiger charge is -2.28. The second-order valence-corrected chi connectivity index (χ2v) is 6.42. The number of ether oxygens (including phenoxy) is 2. The van der Waals surface area contributed by atoms with Gasteiger partial charge in [-0.05, 0) is 44.2 Å². The van der Waals surface area contributed by atoms with E-state index < -0.39 is 0 Å². The number of benzene rings is 1. The minimum Gasteiger partial charge on any atom is -0.381 e. The van der Waals surface area contributed by atoms with Gasteiger partial charge in [0.25, 0.3) is 0 Å². The number of amides is 1. The van der Waals surface area contributed by atoms with Crippen LogP contribution in [0.25, 0.3) is 11.0 Å². The quantitative estimate of drug-likeness (QED) is 0.852.